The quantitative estimate of drug-likeness (QED) is 0.610. The van der Waals surface area contributed by atoms with Crippen LogP contribution in [0.5, 0.6) is 0 Å². The van der Waals surface area contributed by atoms with E-state index in [-0.39, 0.29) is 6.04 Å². The van der Waals surface area contributed by atoms with Gasteiger partial charge in [-0.2, -0.15) is 0 Å². The first-order valence-corrected chi connectivity index (χ1v) is 8.19. The molecule has 0 amide bonds. The Hall–Kier alpha value is -2.79. The number of thiophene rings is 1. The lowest BCUT2D eigenvalue weighted by molar-refractivity contribution is 0.923. The number of anilines is 1. The monoisotopic (exact) mass is 318 g/mol. The van der Waals surface area contributed by atoms with Crippen LogP contribution in [-0.2, 0) is 0 Å². The Morgan fingerprint density at radius 3 is 2.48 bits per heavy atom. The molecule has 0 saturated heterocycles. The molecule has 0 aliphatic heterocycles. The number of pyridine rings is 1. The maximum atomic E-state index is 4.44. The molecule has 4 rings (SSSR count). The minimum atomic E-state index is 0.0113. The SMILES string of the molecule is c1ccc([C@@H](Nc2ncnc3sccc23)c2ccncc2)cc1. The van der Waals surface area contributed by atoms with Gasteiger partial charge in [0.15, 0.2) is 0 Å². The maximum Gasteiger partial charge on any atom is 0.138 e. The van der Waals surface area contributed by atoms with Gasteiger partial charge in [-0.05, 0) is 34.7 Å². The van der Waals surface area contributed by atoms with Gasteiger partial charge in [0.2, 0.25) is 0 Å². The third-order valence-electron chi connectivity index (χ3n) is 3.72. The van der Waals surface area contributed by atoms with Gasteiger partial charge in [0.25, 0.3) is 0 Å². The van der Waals surface area contributed by atoms with E-state index in [0.717, 1.165) is 21.6 Å². The number of hydrogen-bond acceptors (Lipinski definition) is 5. The standard InChI is InChI=1S/C18H14N4S/c1-2-4-13(5-3-1)16(14-6-9-19-10-7-14)22-17-15-8-11-23-18(15)21-12-20-17/h1-12,16H,(H,20,21,22)/t16-/m1/s1. The smallest absolute Gasteiger partial charge is 0.138 e. The van der Waals surface area contributed by atoms with Crippen LogP contribution >= 0.6 is 11.3 Å². The lowest BCUT2D eigenvalue weighted by Gasteiger charge is -2.20. The third kappa shape index (κ3) is 2.78. The number of benzene rings is 1. The average Bonchev–Trinajstić information content (AvgIpc) is 3.11. The molecule has 0 fully saturated rings. The van der Waals surface area contributed by atoms with Gasteiger partial charge in [-0.3, -0.25) is 4.98 Å². The summed E-state index contributed by atoms with van der Waals surface area (Å²) in [6, 6.07) is 16.5. The summed E-state index contributed by atoms with van der Waals surface area (Å²) >= 11 is 1.62. The summed E-state index contributed by atoms with van der Waals surface area (Å²) < 4.78 is 0. The Kier molecular flexibility index (Phi) is 3.70. The van der Waals surface area contributed by atoms with Gasteiger partial charge in [0.05, 0.1) is 11.4 Å². The molecule has 23 heavy (non-hydrogen) atoms. The van der Waals surface area contributed by atoms with Gasteiger partial charge >= 0.3 is 0 Å². The van der Waals surface area contributed by atoms with Crippen LogP contribution in [0.1, 0.15) is 17.2 Å². The number of rotatable bonds is 4. The second-order valence-electron chi connectivity index (χ2n) is 5.13. The Labute approximate surface area is 137 Å². The van der Waals surface area contributed by atoms with Crippen LogP contribution < -0.4 is 5.32 Å². The van der Waals surface area contributed by atoms with E-state index in [1.165, 1.54) is 5.56 Å². The molecule has 4 aromatic rings. The number of nitrogens with zero attached hydrogens (tertiary/aromatic N) is 3. The van der Waals surface area contributed by atoms with E-state index in [2.05, 4.69) is 38.5 Å². The van der Waals surface area contributed by atoms with Crippen molar-refractivity contribution in [2.24, 2.45) is 0 Å². The molecule has 0 aliphatic rings. The molecule has 0 bridgehead atoms. The number of hydrogen-bond donors (Lipinski definition) is 1. The molecule has 1 atom stereocenters. The first kappa shape index (κ1) is 13.8. The molecule has 5 heteroatoms. The van der Waals surface area contributed by atoms with Crippen molar-refractivity contribution in [1.29, 1.82) is 0 Å². The van der Waals surface area contributed by atoms with Crippen LogP contribution in [0.4, 0.5) is 5.82 Å². The Balaban J connectivity index is 1.79. The van der Waals surface area contributed by atoms with Crippen LogP contribution in [0.25, 0.3) is 10.2 Å². The molecule has 0 spiro atoms. The highest BCUT2D eigenvalue weighted by atomic mass is 32.1. The topological polar surface area (TPSA) is 50.7 Å². The first-order valence-electron chi connectivity index (χ1n) is 7.31. The Morgan fingerprint density at radius 1 is 0.870 bits per heavy atom. The van der Waals surface area contributed by atoms with Gasteiger partial charge < -0.3 is 5.32 Å². The fourth-order valence-corrected chi connectivity index (χ4v) is 3.34. The van der Waals surface area contributed by atoms with Crippen LogP contribution in [0.15, 0.2) is 72.6 Å². The van der Waals surface area contributed by atoms with Crippen molar-refractivity contribution in [1.82, 2.24) is 15.0 Å². The predicted octanol–water partition coefficient (Wildman–Crippen LogP) is 4.29. The van der Waals surface area contributed by atoms with Gasteiger partial charge in [-0.1, -0.05) is 30.3 Å². The third-order valence-corrected chi connectivity index (χ3v) is 4.54. The van der Waals surface area contributed by atoms with Crippen molar-refractivity contribution >= 4 is 27.4 Å². The normalized spacial score (nSPS) is 12.2. The van der Waals surface area contributed by atoms with Crippen molar-refractivity contribution < 1.29 is 0 Å². The summed E-state index contributed by atoms with van der Waals surface area (Å²) in [5, 5.41) is 6.65. The van der Waals surface area contributed by atoms with E-state index in [1.807, 2.05) is 48.1 Å². The summed E-state index contributed by atoms with van der Waals surface area (Å²) in [6.07, 6.45) is 5.23. The highest BCUT2D eigenvalue weighted by Gasteiger charge is 2.16. The van der Waals surface area contributed by atoms with E-state index in [0.29, 0.717) is 0 Å². The minimum Gasteiger partial charge on any atom is -0.359 e. The molecular formula is C18H14N4S. The van der Waals surface area contributed by atoms with E-state index in [4.69, 9.17) is 0 Å². The van der Waals surface area contributed by atoms with Gasteiger partial charge in [-0.25, -0.2) is 9.97 Å². The fraction of sp³-hybridized carbons (Fsp3) is 0.0556. The van der Waals surface area contributed by atoms with Crippen molar-refractivity contribution in [2.75, 3.05) is 5.32 Å². The van der Waals surface area contributed by atoms with E-state index in [1.54, 1.807) is 17.7 Å². The zero-order valence-electron chi connectivity index (χ0n) is 12.3. The zero-order chi connectivity index (χ0) is 15.5. The van der Waals surface area contributed by atoms with Crippen molar-refractivity contribution in [3.05, 3.63) is 83.8 Å². The average molecular weight is 318 g/mol. The highest BCUT2D eigenvalue weighted by Crippen LogP contribution is 2.30. The molecule has 3 aromatic heterocycles. The first-order chi connectivity index (χ1) is 11.4. The second kappa shape index (κ2) is 6.14. The summed E-state index contributed by atoms with van der Waals surface area (Å²) in [5.74, 6) is 0.849. The zero-order valence-corrected chi connectivity index (χ0v) is 13.1. The van der Waals surface area contributed by atoms with Crippen LogP contribution in [0, 0.1) is 0 Å². The molecule has 0 saturated carbocycles. The lowest BCUT2D eigenvalue weighted by atomic mass is 9.99. The van der Waals surface area contributed by atoms with Crippen molar-refractivity contribution in [3.63, 3.8) is 0 Å². The lowest BCUT2D eigenvalue weighted by Crippen LogP contribution is -2.13. The molecule has 3 heterocycles. The van der Waals surface area contributed by atoms with E-state index < -0.39 is 0 Å². The largest absolute Gasteiger partial charge is 0.359 e. The molecule has 4 nitrogen and oxygen atoms in total. The molecular weight excluding hydrogens is 304 g/mol. The van der Waals surface area contributed by atoms with E-state index in [9.17, 15) is 0 Å². The van der Waals surface area contributed by atoms with Crippen LogP contribution in [-0.4, -0.2) is 15.0 Å². The van der Waals surface area contributed by atoms with Crippen LogP contribution in [0.3, 0.4) is 0 Å². The minimum absolute atomic E-state index is 0.0113. The fourth-order valence-electron chi connectivity index (χ4n) is 2.60. The molecule has 1 N–H and O–H groups in total. The maximum absolute atomic E-state index is 4.44. The van der Waals surface area contributed by atoms with Crippen molar-refractivity contribution in [3.8, 4) is 0 Å². The Bertz CT molecular complexity index is 866. The number of nitrogens with one attached hydrogen (secondary N) is 1. The van der Waals surface area contributed by atoms with Gasteiger partial charge in [-0.15, -0.1) is 11.3 Å². The molecule has 112 valence electrons. The summed E-state index contributed by atoms with van der Waals surface area (Å²) in [4.78, 5) is 13.9. The second-order valence-corrected chi connectivity index (χ2v) is 6.02. The van der Waals surface area contributed by atoms with Gasteiger partial charge in [0.1, 0.15) is 17.0 Å². The number of fused-ring (bicyclic) bond motifs is 1. The summed E-state index contributed by atoms with van der Waals surface area (Å²) in [6.45, 7) is 0. The summed E-state index contributed by atoms with van der Waals surface area (Å²) in [5.41, 5.74) is 2.33. The summed E-state index contributed by atoms with van der Waals surface area (Å²) in [7, 11) is 0. The number of aromatic nitrogens is 3. The molecule has 0 unspecified atom stereocenters. The Morgan fingerprint density at radius 2 is 1.65 bits per heavy atom. The molecule has 0 radical (unpaired) electrons. The molecule has 1 aromatic carbocycles. The van der Waals surface area contributed by atoms with Crippen LogP contribution in [0.2, 0.25) is 0 Å². The van der Waals surface area contributed by atoms with E-state index >= 15 is 0 Å². The highest BCUT2D eigenvalue weighted by molar-refractivity contribution is 7.16. The van der Waals surface area contributed by atoms with Gasteiger partial charge in [0, 0.05) is 12.4 Å². The van der Waals surface area contributed by atoms with Crippen molar-refractivity contribution in [2.45, 2.75) is 6.04 Å². The molecule has 0 aliphatic carbocycles. The predicted molar refractivity (Wildman–Crippen MR) is 93.6 cm³/mol.